The first-order valence-corrected chi connectivity index (χ1v) is 8.68. The summed E-state index contributed by atoms with van der Waals surface area (Å²) in [5, 5.41) is 12.0. The largest absolute Gasteiger partial charge is 0.497 e. The summed E-state index contributed by atoms with van der Waals surface area (Å²) < 4.78 is 5.30. The zero-order chi connectivity index (χ0) is 16.7. The highest BCUT2D eigenvalue weighted by Gasteiger charge is 2.42. The van der Waals surface area contributed by atoms with Crippen molar-refractivity contribution in [2.24, 2.45) is 11.8 Å². The van der Waals surface area contributed by atoms with E-state index in [0.29, 0.717) is 11.8 Å². The molecule has 0 saturated carbocycles. The maximum absolute atomic E-state index is 11.0. The second kappa shape index (κ2) is 6.19. The molecule has 3 aliphatic heterocycles. The molecule has 1 aromatic heterocycles. The van der Waals surface area contributed by atoms with Crippen LogP contribution in [0, 0.1) is 11.8 Å². The molecule has 4 heterocycles. The number of ether oxygens (including phenoxy) is 1. The van der Waals surface area contributed by atoms with Gasteiger partial charge < -0.3 is 9.84 Å². The lowest BCUT2D eigenvalue weighted by atomic mass is 9.74. The van der Waals surface area contributed by atoms with Crippen molar-refractivity contribution in [3.8, 4) is 5.75 Å². The van der Waals surface area contributed by atoms with Gasteiger partial charge in [-0.3, -0.25) is 9.88 Å². The number of fused-ring (bicyclic) bond motifs is 4. The molecule has 0 amide bonds. The van der Waals surface area contributed by atoms with Gasteiger partial charge in [0, 0.05) is 29.7 Å². The number of aliphatic hydroxyl groups is 1. The van der Waals surface area contributed by atoms with E-state index < -0.39 is 6.10 Å². The molecule has 2 unspecified atom stereocenters. The summed E-state index contributed by atoms with van der Waals surface area (Å²) in [6, 6.07) is 8.06. The molecule has 5 atom stereocenters. The minimum Gasteiger partial charge on any atom is -0.497 e. The van der Waals surface area contributed by atoms with Gasteiger partial charge in [-0.05, 0) is 55.5 Å². The van der Waals surface area contributed by atoms with E-state index >= 15 is 0 Å². The molecule has 1 aromatic carbocycles. The molecular weight excluding hydrogens is 300 g/mol. The van der Waals surface area contributed by atoms with Gasteiger partial charge in [-0.1, -0.05) is 6.08 Å². The molecule has 4 heteroatoms. The lowest BCUT2D eigenvalue weighted by Crippen LogP contribution is -2.54. The number of aromatic nitrogens is 1. The normalized spacial score (nSPS) is 30.2. The predicted octanol–water partition coefficient (Wildman–Crippen LogP) is 3.17. The van der Waals surface area contributed by atoms with Gasteiger partial charge in [0.1, 0.15) is 5.75 Å². The number of hydrogen-bond donors (Lipinski definition) is 1. The number of benzene rings is 1. The summed E-state index contributed by atoms with van der Waals surface area (Å²) in [4.78, 5) is 6.94. The fourth-order valence-corrected chi connectivity index (χ4v) is 4.34. The Hall–Kier alpha value is -1.91. The van der Waals surface area contributed by atoms with Gasteiger partial charge in [-0.15, -0.1) is 6.58 Å². The quantitative estimate of drug-likeness (QED) is 0.878. The van der Waals surface area contributed by atoms with E-state index in [9.17, 15) is 5.11 Å². The number of methoxy groups -OCH3 is 1. The van der Waals surface area contributed by atoms with Gasteiger partial charge in [-0.25, -0.2) is 0 Å². The van der Waals surface area contributed by atoms with Crippen LogP contribution in [0.25, 0.3) is 10.9 Å². The molecule has 126 valence electrons. The van der Waals surface area contributed by atoms with Crippen LogP contribution >= 0.6 is 0 Å². The van der Waals surface area contributed by atoms with Gasteiger partial charge >= 0.3 is 0 Å². The second-order valence-corrected chi connectivity index (χ2v) is 7.02. The second-order valence-electron chi connectivity index (χ2n) is 7.02. The van der Waals surface area contributed by atoms with Gasteiger partial charge in [0.2, 0.25) is 0 Å². The minimum absolute atomic E-state index is 0.185. The van der Waals surface area contributed by atoms with E-state index in [1.807, 2.05) is 30.5 Å². The van der Waals surface area contributed by atoms with Gasteiger partial charge in [-0.2, -0.15) is 0 Å². The Morgan fingerprint density at radius 3 is 3.00 bits per heavy atom. The average Bonchev–Trinajstić information content (AvgIpc) is 2.66. The minimum atomic E-state index is -0.498. The summed E-state index contributed by atoms with van der Waals surface area (Å²) in [6.07, 6.45) is 5.65. The van der Waals surface area contributed by atoms with Crippen molar-refractivity contribution in [3.05, 3.63) is 48.7 Å². The number of aliphatic hydroxyl groups excluding tert-OH is 1. The van der Waals surface area contributed by atoms with Crippen molar-refractivity contribution in [2.45, 2.75) is 25.0 Å². The van der Waals surface area contributed by atoms with Crippen LogP contribution in [-0.2, 0) is 0 Å². The highest BCUT2D eigenvalue weighted by molar-refractivity contribution is 5.80. The molecule has 24 heavy (non-hydrogen) atoms. The van der Waals surface area contributed by atoms with Crippen molar-refractivity contribution < 1.29 is 9.84 Å². The third-order valence-electron chi connectivity index (χ3n) is 5.77. The molecule has 0 aliphatic carbocycles. The maximum Gasteiger partial charge on any atom is 0.119 e. The molecule has 2 bridgehead atoms. The Bertz CT molecular complexity index is 760. The van der Waals surface area contributed by atoms with E-state index in [0.717, 1.165) is 41.7 Å². The third-order valence-corrected chi connectivity index (χ3v) is 5.77. The van der Waals surface area contributed by atoms with Crippen molar-refractivity contribution >= 4 is 10.9 Å². The van der Waals surface area contributed by atoms with Crippen molar-refractivity contribution in [1.29, 1.82) is 0 Å². The van der Waals surface area contributed by atoms with Crippen LogP contribution in [0.1, 0.15) is 24.5 Å². The van der Waals surface area contributed by atoms with Gasteiger partial charge in [0.05, 0.1) is 18.7 Å². The van der Waals surface area contributed by atoms with E-state index in [1.165, 1.54) is 6.42 Å². The standard InChI is InChI=1S/C20H24N2O2/c1-3-13-12-22-7-6-14(13)10-19(22)20(23)16-8-15-9-17(24-2)4-5-18(15)21-11-16/h3-5,8-9,11,13-14,19-20,23H,1,6-7,10,12H2,2H3/t13-,14?,19-,20-/m0/s1. The maximum atomic E-state index is 11.0. The Labute approximate surface area is 142 Å². The zero-order valence-corrected chi connectivity index (χ0v) is 14.1. The smallest absolute Gasteiger partial charge is 0.119 e. The lowest BCUT2D eigenvalue weighted by Gasteiger charge is -2.50. The topological polar surface area (TPSA) is 45.6 Å². The predicted molar refractivity (Wildman–Crippen MR) is 95.0 cm³/mol. The van der Waals surface area contributed by atoms with E-state index in [1.54, 1.807) is 7.11 Å². The first-order valence-electron chi connectivity index (χ1n) is 8.68. The SMILES string of the molecule is C=C[C@H]1CN2CCC1C[C@H]2[C@@H](O)c1cnc2ccc(OC)cc2c1. The first kappa shape index (κ1) is 15.6. The van der Waals surface area contributed by atoms with E-state index in [4.69, 9.17) is 4.74 Å². The molecule has 3 fully saturated rings. The van der Waals surface area contributed by atoms with Crippen molar-refractivity contribution in [1.82, 2.24) is 9.88 Å². The number of piperidine rings is 3. The molecule has 3 aliphatic rings. The van der Waals surface area contributed by atoms with Crippen LogP contribution < -0.4 is 4.74 Å². The summed E-state index contributed by atoms with van der Waals surface area (Å²) in [5.41, 5.74) is 1.81. The van der Waals surface area contributed by atoms with Crippen LogP contribution in [-0.4, -0.2) is 41.2 Å². The number of hydrogen-bond acceptors (Lipinski definition) is 4. The fourth-order valence-electron chi connectivity index (χ4n) is 4.34. The molecular formula is C20H24N2O2. The molecule has 2 aromatic rings. The van der Waals surface area contributed by atoms with Crippen molar-refractivity contribution in [3.63, 3.8) is 0 Å². The van der Waals surface area contributed by atoms with Crippen LogP contribution in [0.3, 0.4) is 0 Å². The third kappa shape index (κ3) is 2.60. The summed E-state index contributed by atoms with van der Waals surface area (Å²) in [5.74, 6) is 2.03. The molecule has 0 spiro atoms. The molecule has 5 rings (SSSR count). The van der Waals surface area contributed by atoms with Crippen LogP contribution in [0.2, 0.25) is 0 Å². The van der Waals surface area contributed by atoms with Crippen molar-refractivity contribution in [2.75, 3.05) is 20.2 Å². The lowest BCUT2D eigenvalue weighted by molar-refractivity contribution is -0.0449. The molecule has 3 saturated heterocycles. The Morgan fingerprint density at radius 2 is 2.29 bits per heavy atom. The van der Waals surface area contributed by atoms with E-state index in [-0.39, 0.29) is 6.04 Å². The number of nitrogens with zero attached hydrogens (tertiary/aromatic N) is 2. The fraction of sp³-hybridized carbons (Fsp3) is 0.450. The first-order chi connectivity index (χ1) is 11.7. The average molecular weight is 324 g/mol. The van der Waals surface area contributed by atoms with Gasteiger partial charge in [0.15, 0.2) is 0 Å². The molecule has 0 radical (unpaired) electrons. The number of pyridine rings is 1. The Morgan fingerprint density at radius 1 is 1.42 bits per heavy atom. The van der Waals surface area contributed by atoms with E-state index in [2.05, 4.69) is 22.5 Å². The Balaban J connectivity index is 1.61. The van der Waals surface area contributed by atoms with Crippen LogP contribution in [0.15, 0.2) is 43.1 Å². The Kier molecular flexibility index (Phi) is 4.02. The van der Waals surface area contributed by atoms with Gasteiger partial charge in [0.25, 0.3) is 0 Å². The highest BCUT2D eigenvalue weighted by Crippen LogP contribution is 2.41. The molecule has 4 nitrogen and oxygen atoms in total. The summed E-state index contributed by atoms with van der Waals surface area (Å²) in [7, 11) is 1.66. The highest BCUT2D eigenvalue weighted by atomic mass is 16.5. The van der Waals surface area contributed by atoms with Crippen LogP contribution in [0.4, 0.5) is 0 Å². The molecule has 1 N–H and O–H groups in total. The monoisotopic (exact) mass is 324 g/mol. The van der Waals surface area contributed by atoms with Crippen LogP contribution in [0.5, 0.6) is 5.75 Å². The number of rotatable bonds is 4. The zero-order valence-electron chi connectivity index (χ0n) is 14.1. The summed E-state index contributed by atoms with van der Waals surface area (Å²) >= 11 is 0. The summed E-state index contributed by atoms with van der Waals surface area (Å²) in [6.45, 7) is 6.06.